The number of halogens is 1. The van der Waals surface area contributed by atoms with Crippen LogP contribution in [0, 0.1) is 5.92 Å². The van der Waals surface area contributed by atoms with Gasteiger partial charge in [-0.1, -0.05) is 19.8 Å². The molecule has 0 bridgehead atoms. The zero-order valence-corrected chi connectivity index (χ0v) is 12.5. The van der Waals surface area contributed by atoms with Gasteiger partial charge in [-0.3, -0.25) is 0 Å². The van der Waals surface area contributed by atoms with E-state index in [-0.39, 0.29) is 5.54 Å². The summed E-state index contributed by atoms with van der Waals surface area (Å²) in [6.45, 7) is 6.21. The molecule has 1 saturated carbocycles. The summed E-state index contributed by atoms with van der Waals surface area (Å²) in [5.74, 6) is 1.51. The number of morpholine rings is 1. The lowest BCUT2D eigenvalue weighted by molar-refractivity contribution is -0.0228. The number of hydrogen-bond donors (Lipinski definition) is 1. The molecule has 0 aromatic heterocycles. The average Bonchev–Trinajstić information content (AvgIpc) is 2.37. The van der Waals surface area contributed by atoms with Crippen LogP contribution in [0.15, 0.2) is 0 Å². The number of nitrogens with zero attached hydrogens (tertiary/aromatic N) is 1. The highest BCUT2D eigenvalue weighted by molar-refractivity contribution is 6.18. The first-order valence-electron chi connectivity index (χ1n) is 7.25. The highest BCUT2D eigenvalue weighted by Gasteiger charge is 2.34. The summed E-state index contributed by atoms with van der Waals surface area (Å²) in [7, 11) is 2.16. The van der Waals surface area contributed by atoms with Crippen molar-refractivity contribution < 1.29 is 4.74 Å². The number of likely N-dealkylation sites (N-methyl/N-ethyl adjacent to an activating group) is 1. The molecule has 2 rings (SSSR count). The fourth-order valence-electron chi connectivity index (χ4n) is 3.31. The largest absolute Gasteiger partial charge is 0.374 e. The van der Waals surface area contributed by atoms with Gasteiger partial charge in [0.05, 0.1) is 12.7 Å². The van der Waals surface area contributed by atoms with Crippen LogP contribution >= 0.6 is 11.6 Å². The minimum absolute atomic E-state index is 0.151. The normalized spacial score (nSPS) is 38.8. The Morgan fingerprint density at radius 3 is 3.00 bits per heavy atom. The average molecular weight is 275 g/mol. The Morgan fingerprint density at radius 1 is 1.50 bits per heavy atom. The molecule has 18 heavy (non-hydrogen) atoms. The molecular weight excluding hydrogens is 248 g/mol. The van der Waals surface area contributed by atoms with E-state index in [0.29, 0.717) is 6.10 Å². The second-order valence-electron chi connectivity index (χ2n) is 6.25. The summed E-state index contributed by atoms with van der Waals surface area (Å²) >= 11 is 6.24. The van der Waals surface area contributed by atoms with Crippen LogP contribution in [0.1, 0.15) is 32.6 Å². The van der Waals surface area contributed by atoms with Gasteiger partial charge in [-0.05, 0) is 25.8 Å². The summed E-state index contributed by atoms with van der Waals surface area (Å²) in [4.78, 5) is 2.34. The lowest BCUT2D eigenvalue weighted by Crippen LogP contribution is -2.55. The number of rotatable bonds is 4. The molecular formula is C14H27ClN2O. The predicted molar refractivity (Wildman–Crippen MR) is 76.3 cm³/mol. The van der Waals surface area contributed by atoms with Gasteiger partial charge in [0.1, 0.15) is 0 Å². The van der Waals surface area contributed by atoms with E-state index in [1.165, 1.54) is 25.7 Å². The molecule has 1 heterocycles. The van der Waals surface area contributed by atoms with E-state index in [2.05, 4.69) is 24.2 Å². The highest BCUT2D eigenvalue weighted by Crippen LogP contribution is 2.33. The first-order valence-corrected chi connectivity index (χ1v) is 7.78. The molecule has 106 valence electrons. The Kier molecular flexibility index (Phi) is 5.31. The second kappa shape index (κ2) is 6.56. The molecule has 0 spiro atoms. The molecule has 0 aromatic rings. The molecule has 1 aliphatic heterocycles. The first kappa shape index (κ1) is 14.6. The van der Waals surface area contributed by atoms with Crippen LogP contribution < -0.4 is 5.32 Å². The molecule has 4 heteroatoms. The third-order valence-corrected chi connectivity index (χ3v) is 4.91. The van der Waals surface area contributed by atoms with E-state index < -0.39 is 0 Å². The third kappa shape index (κ3) is 3.83. The van der Waals surface area contributed by atoms with Crippen LogP contribution in [0.3, 0.4) is 0 Å². The van der Waals surface area contributed by atoms with E-state index in [1.54, 1.807) is 0 Å². The summed E-state index contributed by atoms with van der Waals surface area (Å²) < 4.78 is 5.81. The maximum Gasteiger partial charge on any atom is 0.0826 e. The monoisotopic (exact) mass is 274 g/mol. The Balaban J connectivity index is 1.82. The molecule has 0 radical (unpaired) electrons. The minimum atomic E-state index is 0.151. The van der Waals surface area contributed by atoms with Crippen molar-refractivity contribution in [2.45, 2.75) is 44.2 Å². The fourth-order valence-corrected chi connectivity index (χ4v) is 3.65. The maximum atomic E-state index is 6.24. The van der Waals surface area contributed by atoms with Crippen LogP contribution in [0.4, 0.5) is 0 Å². The van der Waals surface area contributed by atoms with E-state index in [9.17, 15) is 0 Å². The Hall–Kier alpha value is 0.170. The van der Waals surface area contributed by atoms with Gasteiger partial charge in [0.25, 0.3) is 0 Å². The molecule has 1 saturated heterocycles. The van der Waals surface area contributed by atoms with Gasteiger partial charge in [-0.2, -0.15) is 0 Å². The van der Waals surface area contributed by atoms with E-state index in [0.717, 1.165) is 38.0 Å². The number of hydrogen-bond acceptors (Lipinski definition) is 3. The molecule has 3 nitrogen and oxygen atoms in total. The number of nitrogens with one attached hydrogen (secondary N) is 1. The zero-order chi connectivity index (χ0) is 13.0. The maximum absolute atomic E-state index is 6.24. The third-order valence-electron chi connectivity index (χ3n) is 4.39. The molecule has 2 aliphatic rings. The van der Waals surface area contributed by atoms with Crippen molar-refractivity contribution in [2.24, 2.45) is 5.92 Å². The van der Waals surface area contributed by atoms with Crippen molar-refractivity contribution in [3.8, 4) is 0 Å². The number of ether oxygens (including phenoxy) is 1. The smallest absolute Gasteiger partial charge is 0.0826 e. The van der Waals surface area contributed by atoms with Crippen molar-refractivity contribution in [3.63, 3.8) is 0 Å². The van der Waals surface area contributed by atoms with Gasteiger partial charge in [0.2, 0.25) is 0 Å². The molecule has 0 aromatic carbocycles. The first-order chi connectivity index (χ1) is 8.63. The van der Waals surface area contributed by atoms with Crippen molar-refractivity contribution in [3.05, 3.63) is 0 Å². The van der Waals surface area contributed by atoms with E-state index in [4.69, 9.17) is 16.3 Å². The lowest BCUT2D eigenvalue weighted by atomic mass is 9.77. The molecule has 3 atom stereocenters. The predicted octanol–water partition coefficient (Wildman–Crippen LogP) is 2.09. The van der Waals surface area contributed by atoms with E-state index in [1.807, 2.05) is 0 Å². The van der Waals surface area contributed by atoms with Gasteiger partial charge in [-0.15, -0.1) is 11.6 Å². The van der Waals surface area contributed by atoms with Crippen LogP contribution in [-0.2, 0) is 4.74 Å². The summed E-state index contributed by atoms with van der Waals surface area (Å²) in [6.07, 6.45) is 5.39. The summed E-state index contributed by atoms with van der Waals surface area (Å²) in [6, 6.07) is 0. The molecule has 0 amide bonds. The van der Waals surface area contributed by atoms with Gasteiger partial charge in [0.15, 0.2) is 0 Å². The Morgan fingerprint density at radius 2 is 2.33 bits per heavy atom. The zero-order valence-electron chi connectivity index (χ0n) is 11.8. The minimum Gasteiger partial charge on any atom is -0.374 e. The van der Waals surface area contributed by atoms with Crippen LogP contribution in [-0.4, -0.2) is 55.7 Å². The van der Waals surface area contributed by atoms with Crippen molar-refractivity contribution in [1.29, 1.82) is 0 Å². The van der Waals surface area contributed by atoms with Crippen molar-refractivity contribution in [1.82, 2.24) is 10.2 Å². The van der Waals surface area contributed by atoms with Crippen LogP contribution in [0.2, 0.25) is 0 Å². The van der Waals surface area contributed by atoms with Crippen LogP contribution in [0.25, 0.3) is 0 Å². The second-order valence-corrected chi connectivity index (χ2v) is 6.52. The highest BCUT2D eigenvalue weighted by atomic mass is 35.5. The lowest BCUT2D eigenvalue weighted by Gasteiger charge is -2.41. The van der Waals surface area contributed by atoms with Gasteiger partial charge < -0.3 is 15.0 Å². The van der Waals surface area contributed by atoms with Crippen LogP contribution in [0.5, 0.6) is 0 Å². The van der Waals surface area contributed by atoms with Gasteiger partial charge in [0, 0.05) is 31.1 Å². The SMILES string of the molecule is CC1CCCC(CCl)(NCC2CN(C)CCO2)C1. The van der Waals surface area contributed by atoms with Gasteiger partial charge >= 0.3 is 0 Å². The summed E-state index contributed by atoms with van der Waals surface area (Å²) in [5, 5.41) is 3.72. The topological polar surface area (TPSA) is 24.5 Å². The molecule has 1 N–H and O–H groups in total. The number of alkyl halides is 1. The quantitative estimate of drug-likeness (QED) is 0.795. The molecule has 3 unspecified atom stereocenters. The Labute approximate surface area is 116 Å². The Bertz CT molecular complexity index is 264. The molecule has 1 aliphatic carbocycles. The van der Waals surface area contributed by atoms with Gasteiger partial charge in [-0.25, -0.2) is 0 Å². The molecule has 2 fully saturated rings. The van der Waals surface area contributed by atoms with E-state index >= 15 is 0 Å². The van der Waals surface area contributed by atoms with Crippen molar-refractivity contribution >= 4 is 11.6 Å². The fraction of sp³-hybridized carbons (Fsp3) is 1.00. The summed E-state index contributed by atoms with van der Waals surface area (Å²) in [5.41, 5.74) is 0.151. The standard InChI is InChI=1S/C14H27ClN2O/c1-12-4-3-5-14(8-12,11-15)16-9-13-10-17(2)6-7-18-13/h12-13,16H,3-11H2,1-2H3. The van der Waals surface area contributed by atoms with Crippen molar-refractivity contribution in [2.75, 3.05) is 39.2 Å².